The number of nitrogens with one attached hydrogen (secondary N) is 5. The first-order chi connectivity index (χ1) is 35.4. The Hall–Kier alpha value is -5.40. The maximum atomic E-state index is 14.3. The van der Waals surface area contributed by atoms with Crippen LogP contribution in [0.5, 0.6) is 11.5 Å². The van der Waals surface area contributed by atoms with E-state index < -0.39 is 23.4 Å². The standard InChI is InChI=1S/C29H36Cl4N10O4.C17H19Cl2N5O3/c1-34-24-18(31)10-36-27(38-24)40-29(41(3)4)9-23(46-6)42(12-22(29)33)26(44)16-7-17(30)20(8-21(16)45-5)43(15-13-47-14-15)28-37-11-19(32)25(35-2)39-28;1-20-15-12(19)7-21-17(23-15)22-13-6-14(27-2)10(5-11(13)18)16(26)24-4-3-9(25)8-24/h7-8,10-11,15,22-23H,9,12-14H2,1-6H3,(H,35,37,39)(H2,34,36,38,40);5-7,9,25H,3-4,8H2,1-2H3,(H2,20,21,22,23). The van der Waals surface area contributed by atoms with Gasteiger partial charge in [0, 0.05) is 66.4 Å². The predicted molar refractivity (Wildman–Crippen MR) is 288 cm³/mol. The molecule has 0 radical (unpaired) electrons. The van der Waals surface area contributed by atoms with Crippen molar-refractivity contribution < 1.29 is 33.6 Å². The number of alkyl halides is 1. The number of rotatable bonds is 16. The summed E-state index contributed by atoms with van der Waals surface area (Å²) in [4.78, 5) is 60.1. The lowest BCUT2D eigenvalue weighted by atomic mass is 9.92. The van der Waals surface area contributed by atoms with Gasteiger partial charge in [-0.05, 0) is 32.6 Å². The Bertz CT molecular complexity index is 2840. The van der Waals surface area contributed by atoms with E-state index in [2.05, 4.69) is 56.5 Å². The van der Waals surface area contributed by atoms with Crippen molar-refractivity contribution in [1.82, 2.24) is 44.6 Å². The number of carbonyl (C=O) groups is 2. The van der Waals surface area contributed by atoms with Crippen LogP contribution >= 0.6 is 69.6 Å². The third-order valence-electron chi connectivity index (χ3n) is 12.5. The predicted octanol–water partition coefficient (Wildman–Crippen LogP) is 7.44. The van der Waals surface area contributed by atoms with Gasteiger partial charge in [0.15, 0.2) is 0 Å². The highest BCUT2D eigenvalue weighted by atomic mass is 35.5. The monoisotopic (exact) mass is 1140 g/mol. The minimum absolute atomic E-state index is 0.107. The van der Waals surface area contributed by atoms with Crippen LogP contribution in [-0.4, -0.2) is 180 Å². The lowest BCUT2D eigenvalue weighted by molar-refractivity contribution is -0.0766. The van der Waals surface area contributed by atoms with Crippen molar-refractivity contribution in [3.63, 3.8) is 0 Å². The van der Waals surface area contributed by atoms with Crippen LogP contribution in [0.2, 0.25) is 25.1 Å². The average Bonchev–Trinajstić information content (AvgIpc) is 3.82. The molecule has 6 N–H and O–H groups in total. The van der Waals surface area contributed by atoms with Crippen molar-refractivity contribution in [1.29, 1.82) is 0 Å². The van der Waals surface area contributed by atoms with E-state index in [9.17, 15) is 14.7 Å². The van der Waals surface area contributed by atoms with E-state index in [-0.39, 0.29) is 47.4 Å². The van der Waals surface area contributed by atoms with Gasteiger partial charge >= 0.3 is 0 Å². The van der Waals surface area contributed by atoms with Gasteiger partial charge in [-0.3, -0.25) is 14.5 Å². The number of benzene rings is 2. The molecule has 22 nitrogen and oxygen atoms in total. The second-order valence-corrected chi connectivity index (χ2v) is 19.6. The first-order valence-corrected chi connectivity index (χ1v) is 25.1. The normalized spacial score (nSPS) is 19.5. The molecule has 3 fully saturated rings. The molecule has 3 aliphatic heterocycles. The number of halogens is 6. The van der Waals surface area contributed by atoms with Gasteiger partial charge in [0.1, 0.15) is 55.9 Å². The summed E-state index contributed by atoms with van der Waals surface area (Å²) >= 11 is 38.8. The van der Waals surface area contributed by atoms with Crippen LogP contribution in [-0.2, 0) is 9.47 Å². The number of ether oxygens (including phenoxy) is 4. The number of piperidine rings is 1. The van der Waals surface area contributed by atoms with Gasteiger partial charge in [-0.15, -0.1) is 11.6 Å². The number of anilines is 8. The quantitative estimate of drug-likeness (QED) is 0.0416. The summed E-state index contributed by atoms with van der Waals surface area (Å²) in [5.74, 6) is 2.37. The molecule has 3 saturated heterocycles. The number of β-amino-alcohol motifs (C(OH)–C–C–N with tert-alkyl or cyclic N) is 1. The molecule has 5 aromatic rings. The van der Waals surface area contributed by atoms with E-state index in [4.69, 9.17) is 88.6 Å². The number of aromatic nitrogens is 6. The highest BCUT2D eigenvalue weighted by Gasteiger charge is 2.51. The van der Waals surface area contributed by atoms with Crippen LogP contribution in [0, 0.1) is 0 Å². The van der Waals surface area contributed by atoms with E-state index in [1.54, 1.807) is 49.1 Å². The number of nitrogens with zero attached hydrogens (tertiary/aromatic N) is 10. The van der Waals surface area contributed by atoms with Crippen molar-refractivity contribution in [3.8, 4) is 11.5 Å². The fourth-order valence-electron chi connectivity index (χ4n) is 8.38. The first kappa shape index (κ1) is 56.3. The second kappa shape index (κ2) is 24.5. The summed E-state index contributed by atoms with van der Waals surface area (Å²) in [7, 11) is 13.4. The summed E-state index contributed by atoms with van der Waals surface area (Å²) in [6.07, 6.45) is 4.10. The minimum atomic E-state index is -0.903. The molecule has 4 atom stereocenters. The number of aliphatic hydroxyl groups is 1. The molecule has 2 aromatic carbocycles. The number of hydrogen-bond donors (Lipinski definition) is 6. The maximum absolute atomic E-state index is 14.3. The average molecular weight is 1140 g/mol. The lowest BCUT2D eigenvalue weighted by Gasteiger charge is -2.52. The summed E-state index contributed by atoms with van der Waals surface area (Å²) in [5.41, 5.74) is 0.676. The SMILES string of the molecule is CNc1nc(NC2(N(C)C)CC(OC)N(C(=O)c3cc(Cl)c(N(c4ncc(Cl)c(NC)n4)C4COC4)cc3OC)CC2Cl)ncc1Cl.CNc1nc(Nc2cc(OC)c(C(=O)N3CCC(O)C3)cc2Cl)ncc1Cl. The van der Waals surface area contributed by atoms with Gasteiger partial charge in [-0.2, -0.15) is 15.0 Å². The summed E-state index contributed by atoms with van der Waals surface area (Å²) in [6.45, 7) is 1.76. The Labute approximate surface area is 457 Å². The first-order valence-electron chi connectivity index (χ1n) is 22.8. The van der Waals surface area contributed by atoms with E-state index in [0.29, 0.717) is 111 Å². The number of aliphatic hydroxyl groups excluding tert-OH is 1. The highest BCUT2D eigenvalue weighted by Crippen LogP contribution is 2.42. The lowest BCUT2D eigenvalue weighted by Crippen LogP contribution is -2.68. The zero-order valence-corrected chi connectivity index (χ0v) is 46.0. The molecule has 3 aromatic heterocycles. The largest absolute Gasteiger partial charge is 0.496 e. The van der Waals surface area contributed by atoms with Crippen molar-refractivity contribution in [2.45, 2.75) is 42.3 Å². The second-order valence-electron chi connectivity index (χ2n) is 17.1. The van der Waals surface area contributed by atoms with Crippen LogP contribution in [0.25, 0.3) is 0 Å². The molecule has 2 amide bonds. The third-order valence-corrected chi connectivity index (χ3v) is 14.4. The molecule has 0 saturated carbocycles. The molecule has 0 spiro atoms. The van der Waals surface area contributed by atoms with E-state index in [0.717, 1.165) is 0 Å². The maximum Gasteiger partial charge on any atom is 0.259 e. The molecule has 398 valence electrons. The van der Waals surface area contributed by atoms with Gasteiger partial charge in [0.25, 0.3) is 11.8 Å². The van der Waals surface area contributed by atoms with Crippen molar-refractivity contribution >= 4 is 128 Å². The summed E-state index contributed by atoms with van der Waals surface area (Å²) in [5, 5.41) is 25.9. The van der Waals surface area contributed by atoms with Crippen molar-refractivity contribution in [2.75, 3.05) is 121 Å². The third kappa shape index (κ3) is 12.0. The van der Waals surface area contributed by atoms with E-state index >= 15 is 0 Å². The fourth-order valence-corrected chi connectivity index (χ4v) is 9.89. The van der Waals surface area contributed by atoms with Crippen LogP contribution in [0.15, 0.2) is 42.9 Å². The van der Waals surface area contributed by atoms with E-state index in [1.165, 1.54) is 46.0 Å². The summed E-state index contributed by atoms with van der Waals surface area (Å²) in [6, 6.07) is 6.30. The number of hydrogen-bond acceptors (Lipinski definition) is 20. The minimum Gasteiger partial charge on any atom is -0.496 e. The number of likely N-dealkylation sites (tertiary alicyclic amines) is 2. The number of methoxy groups -OCH3 is 3. The van der Waals surface area contributed by atoms with Crippen LogP contribution < -0.4 is 41.0 Å². The van der Waals surface area contributed by atoms with Gasteiger partial charge in [0.2, 0.25) is 17.8 Å². The van der Waals surface area contributed by atoms with Gasteiger partial charge in [0.05, 0.1) is 96.1 Å². The molecule has 6 heterocycles. The smallest absolute Gasteiger partial charge is 0.259 e. The highest BCUT2D eigenvalue weighted by molar-refractivity contribution is 6.35. The number of carbonyl (C=O) groups excluding carboxylic acids is 2. The molecule has 4 unspecified atom stereocenters. The molecule has 3 aliphatic rings. The summed E-state index contributed by atoms with van der Waals surface area (Å²) < 4.78 is 22.5. The van der Waals surface area contributed by atoms with Crippen LogP contribution in [0.4, 0.5) is 46.7 Å². The fraction of sp³-hybridized carbons (Fsp3) is 0.435. The van der Waals surface area contributed by atoms with Crippen LogP contribution in [0.3, 0.4) is 0 Å². The topological polar surface area (TPSA) is 242 Å². The van der Waals surface area contributed by atoms with Crippen molar-refractivity contribution in [2.24, 2.45) is 0 Å². The molecule has 0 aliphatic carbocycles. The number of amides is 2. The zero-order valence-electron chi connectivity index (χ0n) is 41.4. The molecule has 28 heteroatoms. The molecular weight excluding hydrogens is 1090 g/mol. The van der Waals surface area contributed by atoms with Gasteiger partial charge < -0.3 is 65.3 Å². The Morgan fingerprint density at radius 1 is 0.757 bits per heavy atom. The van der Waals surface area contributed by atoms with E-state index in [1.807, 2.05) is 23.9 Å². The molecule has 0 bridgehead atoms. The van der Waals surface area contributed by atoms with Gasteiger partial charge in [-0.25, -0.2) is 15.0 Å². The van der Waals surface area contributed by atoms with Crippen LogP contribution in [0.1, 0.15) is 33.6 Å². The van der Waals surface area contributed by atoms with Gasteiger partial charge in [-0.1, -0.05) is 58.0 Å². The zero-order chi connectivity index (χ0) is 53.6. The molecule has 74 heavy (non-hydrogen) atoms. The Morgan fingerprint density at radius 3 is 1.88 bits per heavy atom. The Balaban J connectivity index is 0.000000251. The Morgan fingerprint density at radius 2 is 1.32 bits per heavy atom. The van der Waals surface area contributed by atoms with Crippen molar-refractivity contribution in [3.05, 3.63) is 79.1 Å². The molecule has 8 rings (SSSR count). The molecular formula is C46H55Cl6N15O7. The Kier molecular flexibility index (Phi) is 18.7.